The SMILES string of the molecule is Cc1ccc(N2C=C(C=O)CCC2)c(CN(C)c2ccc(Cl)cc2)c1. The zero-order valence-electron chi connectivity index (χ0n) is 14.7. The van der Waals surface area contributed by atoms with Crippen LogP contribution in [0, 0.1) is 6.92 Å². The maximum absolute atomic E-state index is 11.2. The summed E-state index contributed by atoms with van der Waals surface area (Å²) in [7, 11) is 2.08. The molecule has 3 rings (SSSR count). The first-order valence-electron chi connectivity index (χ1n) is 8.55. The molecule has 0 amide bonds. The summed E-state index contributed by atoms with van der Waals surface area (Å²) >= 11 is 5.99. The molecule has 130 valence electrons. The summed E-state index contributed by atoms with van der Waals surface area (Å²) < 4.78 is 0. The van der Waals surface area contributed by atoms with E-state index in [-0.39, 0.29) is 0 Å². The van der Waals surface area contributed by atoms with Gasteiger partial charge in [0.05, 0.1) is 0 Å². The lowest BCUT2D eigenvalue weighted by Crippen LogP contribution is -2.25. The van der Waals surface area contributed by atoms with Crippen molar-refractivity contribution < 1.29 is 4.79 Å². The maximum atomic E-state index is 11.2. The van der Waals surface area contributed by atoms with Crippen molar-refractivity contribution in [1.82, 2.24) is 0 Å². The van der Waals surface area contributed by atoms with Gasteiger partial charge in [-0.05, 0) is 55.7 Å². The van der Waals surface area contributed by atoms with Gasteiger partial charge in [-0.2, -0.15) is 0 Å². The molecular formula is C21H23ClN2O. The lowest BCUT2D eigenvalue weighted by atomic mass is 10.0. The Morgan fingerprint density at radius 1 is 1.20 bits per heavy atom. The van der Waals surface area contributed by atoms with Crippen LogP contribution in [0.2, 0.25) is 5.02 Å². The second-order valence-corrected chi connectivity index (χ2v) is 7.02. The van der Waals surface area contributed by atoms with Crippen LogP contribution in [0.25, 0.3) is 0 Å². The van der Waals surface area contributed by atoms with Gasteiger partial charge in [0, 0.05) is 48.3 Å². The molecule has 2 aromatic rings. The molecule has 0 fully saturated rings. The molecule has 3 nitrogen and oxygen atoms in total. The molecule has 0 saturated heterocycles. The van der Waals surface area contributed by atoms with Gasteiger partial charge in [-0.25, -0.2) is 0 Å². The summed E-state index contributed by atoms with van der Waals surface area (Å²) in [4.78, 5) is 15.6. The molecule has 1 aliphatic heterocycles. The number of hydrogen-bond acceptors (Lipinski definition) is 3. The largest absolute Gasteiger partial charge is 0.370 e. The molecule has 0 aromatic heterocycles. The number of hydrogen-bond donors (Lipinski definition) is 0. The van der Waals surface area contributed by atoms with Gasteiger partial charge in [0.25, 0.3) is 0 Å². The number of anilines is 2. The van der Waals surface area contributed by atoms with E-state index < -0.39 is 0 Å². The van der Waals surface area contributed by atoms with Gasteiger partial charge >= 0.3 is 0 Å². The molecule has 0 aliphatic carbocycles. The van der Waals surface area contributed by atoms with Crippen LogP contribution in [0.4, 0.5) is 11.4 Å². The summed E-state index contributed by atoms with van der Waals surface area (Å²) in [6.07, 6.45) is 4.84. The van der Waals surface area contributed by atoms with Crippen LogP contribution in [-0.2, 0) is 11.3 Å². The van der Waals surface area contributed by atoms with E-state index in [0.29, 0.717) is 0 Å². The lowest BCUT2D eigenvalue weighted by Gasteiger charge is -2.29. The Morgan fingerprint density at radius 3 is 2.68 bits per heavy atom. The molecule has 1 heterocycles. The molecule has 0 spiro atoms. The number of carbonyl (C=O) groups excluding carboxylic acids is 1. The van der Waals surface area contributed by atoms with Crippen LogP contribution in [-0.4, -0.2) is 19.9 Å². The highest BCUT2D eigenvalue weighted by molar-refractivity contribution is 6.30. The van der Waals surface area contributed by atoms with E-state index in [2.05, 4.69) is 42.0 Å². The van der Waals surface area contributed by atoms with E-state index in [1.807, 2.05) is 30.5 Å². The van der Waals surface area contributed by atoms with Crippen LogP contribution in [0.3, 0.4) is 0 Å². The Balaban J connectivity index is 1.89. The van der Waals surface area contributed by atoms with Crippen molar-refractivity contribution in [3.63, 3.8) is 0 Å². The minimum atomic E-state index is 0.744. The maximum Gasteiger partial charge on any atom is 0.147 e. The van der Waals surface area contributed by atoms with E-state index in [1.165, 1.54) is 16.8 Å². The minimum absolute atomic E-state index is 0.744. The van der Waals surface area contributed by atoms with Crippen molar-refractivity contribution in [2.45, 2.75) is 26.3 Å². The van der Waals surface area contributed by atoms with Crippen LogP contribution in [0.1, 0.15) is 24.0 Å². The average molecular weight is 355 g/mol. The minimum Gasteiger partial charge on any atom is -0.370 e. The molecule has 0 unspecified atom stereocenters. The van der Waals surface area contributed by atoms with Gasteiger partial charge in [0.1, 0.15) is 6.29 Å². The van der Waals surface area contributed by atoms with Gasteiger partial charge < -0.3 is 9.80 Å². The van der Waals surface area contributed by atoms with Gasteiger partial charge in [0.15, 0.2) is 0 Å². The second-order valence-electron chi connectivity index (χ2n) is 6.58. The van der Waals surface area contributed by atoms with Gasteiger partial charge in [-0.1, -0.05) is 29.3 Å². The number of halogens is 1. The fourth-order valence-corrected chi connectivity index (χ4v) is 3.35. The summed E-state index contributed by atoms with van der Waals surface area (Å²) in [5.41, 5.74) is 5.65. The standard InChI is InChI=1S/C21H23ClN2O/c1-16-5-10-21(24-11-3-4-17(13-24)15-25)18(12-16)14-23(2)20-8-6-19(22)7-9-20/h5-10,12-13,15H,3-4,11,14H2,1-2H3. The number of aldehydes is 1. The van der Waals surface area contributed by atoms with Crippen LogP contribution in [0.5, 0.6) is 0 Å². The van der Waals surface area contributed by atoms with Crippen LogP contribution >= 0.6 is 11.6 Å². The molecular weight excluding hydrogens is 332 g/mol. The van der Waals surface area contributed by atoms with E-state index in [1.54, 1.807) is 0 Å². The highest BCUT2D eigenvalue weighted by Gasteiger charge is 2.16. The van der Waals surface area contributed by atoms with Crippen molar-refractivity contribution in [1.29, 1.82) is 0 Å². The number of nitrogens with zero attached hydrogens (tertiary/aromatic N) is 2. The van der Waals surface area contributed by atoms with Crippen molar-refractivity contribution in [3.8, 4) is 0 Å². The van der Waals surface area contributed by atoms with E-state index >= 15 is 0 Å². The predicted octanol–water partition coefficient (Wildman–Crippen LogP) is 4.97. The topological polar surface area (TPSA) is 23.6 Å². The first kappa shape index (κ1) is 17.6. The number of rotatable bonds is 5. The Labute approximate surface area is 154 Å². The lowest BCUT2D eigenvalue weighted by molar-refractivity contribution is -0.105. The number of carbonyl (C=O) groups is 1. The zero-order valence-corrected chi connectivity index (χ0v) is 15.5. The zero-order chi connectivity index (χ0) is 17.8. The Hall–Kier alpha value is -2.26. The number of allylic oxidation sites excluding steroid dienone is 1. The summed E-state index contributed by atoms with van der Waals surface area (Å²) in [5, 5.41) is 0.744. The third kappa shape index (κ3) is 4.23. The van der Waals surface area contributed by atoms with Gasteiger partial charge in [0.2, 0.25) is 0 Å². The molecule has 1 aliphatic rings. The molecule has 4 heteroatoms. The van der Waals surface area contributed by atoms with Crippen molar-refractivity contribution in [2.75, 3.05) is 23.4 Å². The third-order valence-corrected chi connectivity index (χ3v) is 4.81. The molecule has 2 aromatic carbocycles. The van der Waals surface area contributed by atoms with E-state index in [0.717, 1.165) is 48.5 Å². The number of aryl methyl sites for hydroxylation is 1. The Morgan fingerprint density at radius 2 is 1.96 bits per heavy atom. The third-order valence-electron chi connectivity index (χ3n) is 4.56. The van der Waals surface area contributed by atoms with Gasteiger partial charge in [-0.3, -0.25) is 4.79 Å². The molecule has 0 radical (unpaired) electrons. The highest BCUT2D eigenvalue weighted by Crippen LogP contribution is 2.28. The molecule has 0 atom stereocenters. The molecule has 0 N–H and O–H groups in total. The number of benzene rings is 2. The summed E-state index contributed by atoms with van der Waals surface area (Å²) in [5.74, 6) is 0. The fourth-order valence-electron chi connectivity index (χ4n) is 3.23. The summed E-state index contributed by atoms with van der Waals surface area (Å²) in [6.45, 7) is 3.84. The first-order chi connectivity index (χ1) is 12.1. The van der Waals surface area contributed by atoms with Crippen LogP contribution in [0.15, 0.2) is 54.2 Å². The van der Waals surface area contributed by atoms with Crippen molar-refractivity contribution in [3.05, 3.63) is 70.4 Å². The predicted molar refractivity (Wildman–Crippen MR) is 105 cm³/mol. The monoisotopic (exact) mass is 354 g/mol. The fraction of sp³-hybridized carbons (Fsp3) is 0.286. The Bertz CT molecular complexity index is 783. The molecule has 0 saturated carbocycles. The molecule has 25 heavy (non-hydrogen) atoms. The van der Waals surface area contributed by atoms with Gasteiger partial charge in [-0.15, -0.1) is 0 Å². The summed E-state index contributed by atoms with van der Waals surface area (Å²) in [6, 6.07) is 14.4. The quantitative estimate of drug-likeness (QED) is 0.708. The highest BCUT2D eigenvalue weighted by atomic mass is 35.5. The van der Waals surface area contributed by atoms with Crippen LogP contribution < -0.4 is 9.80 Å². The van der Waals surface area contributed by atoms with Crippen molar-refractivity contribution >= 4 is 29.3 Å². The molecule has 0 bridgehead atoms. The normalized spacial score (nSPS) is 14.2. The average Bonchev–Trinajstić information content (AvgIpc) is 2.62. The second kappa shape index (κ2) is 7.75. The van der Waals surface area contributed by atoms with E-state index in [4.69, 9.17) is 11.6 Å². The van der Waals surface area contributed by atoms with E-state index in [9.17, 15) is 4.79 Å². The smallest absolute Gasteiger partial charge is 0.147 e. The first-order valence-corrected chi connectivity index (χ1v) is 8.93. The Kier molecular flexibility index (Phi) is 5.44. The van der Waals surface area contributed by atoms with Crippen molar-refractivity contribution in [2.24, 2.45) is 0 Å².